The van der Waals surface area contributed by atoms with Crippen molar-refractivity contribution in [2.45, 2.75) is 18.9 Å². The van der Waals surface area contributed by atoms with Crippen LogP contribution in [0.3, 0.4) is 0 Å². The van der Waals surface area contributed by atoms with Crippen LogP contribution < -0.4 is 0 Å². The summed E-state index contributed by atoms with van der Waals surface area (Å²) in [5.41, 5.74) is 0. The first-order chi connectivity index (χ1) is 7.10. The summed E-state index contributed by atoms with van der Waals surface area (Å²) in [5, 5.41) is 26.5. The summed E-state index contributed by atoms with van der Waals surface area (Å²) in [4.78, 5) is 23.5. The third kappa shape index (κ3) is 2.66. The number of amides is 1. The van der Waals surface area contributed by atoms with Gasteiger partial charge in [0.25, 0.3) is 0 Å². The number of nitrogens with zero attached hydrogens (tertiary/aromatic N) is 1. The number of hydrogen-bond acceptors (Lipinski definition) is 4. The van der Waals surface area contributed by atoms with Crippen LogP contribution in [-0.2, 0) is 9.59 Å². The molecule has 86 valence electrons. The fraction of sp³-hybridized carbons (Fsp3) is 0.778. The van der Waals surface area contributed by atoms with Gasteiger partial charge in [0.1, 0.15) is 6.04 Å². The van der Waals surface area contributed by atoms with E-state index in [2.05, 4.69) is 0 Å². The first-order valence-electron chi connectivity index (χ1n) is 4.84. The van der Waals surface area contributed by atoms with Crippen molar-refractivity contribution in [1.29, 1.82) is 0 Å². The van der Waals surface area contributed by atoms with Gasteiger partial charge in [-0.15, -0.1) is 0 Å². The van der Waals surface area contributed by atoms with E-state index in [0.29, 0.717) is 0 Å². The summed E-state index contributed by atoms with van der Waals surface area (Å²) in [6, 6.07) is -0.973. The van der Waals surface area contributed by atoms with Gasteiger partial charge in [-0.1, -0.05) is 0 Å². The van der Waals surface area contributed by atoms with Gasteiger partial charge in [0, 0.05) is 38.5 Å². The maximum absolute atomic E-state index is 11.4. The van der Waals surface area contributed by atoms with Crippen molar-refractivity contribution in [3.63, 3.8) is 0 Å². The number of carbonyl (C=O) groups is 2. The highest BCUT2D eigenvalue weighted by molar-refractivity contribution is 5.85. The molecule has 1 saturated heterocycles. The fourth-order valence-electron chi connectivity index (χ4n) is 1.77. The second-order valence-corrected chi connectivity index (χ2v) is 3.67. The van der Waals surface area contributed by atoms with Gasteiger partial charge in [0.2, 0.25) is 5.91 Å². The lowest BCUT2D eigenvalue weighted by atomic mass is 10.1. The van der Waals surface area contributed by atoms with Crippen molar-refractivity contribution >= 4 is 11.9 Å². The maximum atomic E-state index is 11.4. The molecule has 1 amide bonds. The van der Waals surface area contributed by atoms with E-state index in [1.54, 1.807) is 0 Å². The molecule has 0 bridgehead atoms. The monoisotopic (exact) mass is 217 g/mol. The maximum Gasteiger partial charge on any atom is 0.326 e. The summed E-state index contributed by atoms with van der Waals surface area (Å²) < 4.78 is 0. The normalized spacial score (nSPS) is 23.2. The van der Waals surface area contributed by atoms with E-state index in [4.69, 9.17) is 15.3 Å². The summed E-state index contributed by atoms with van der Waals surface area (Å²) in [6.07, 6.45) is 0.213. The zero-order valence-electron chi connectivity index (χ0n) is 8.30. The van der Waals surface area contributed by atoms with Gasteiger partial charge in [-0.05, 0) is 0 Å². The van der Waals surface area contributed by atoms with E-state index < -0.39 is 12.0 Å². The third-order valence-electron chi connectivity index (χ3n) is 2.56. The third-order valence-corrected chi connectivity index (χ3v) is 2.56. The van der Waals surface area contributed by atoms with Gasteiger partial charge in [-0.3, -0.25) is 4.79 Å². The van der Waals surface area contributed by atoms with Crippen molar-refractivity contribution in [2.75, 3.05) is 19.8 Å². The van der Waals surface area contributed by atoms with Crippen LogP contribution in [0.5, 0.6) is 0 Å². The number of carboxylic acids is 1. The van der Waals surface area contributed by atoms with Crippen LogP contribution >= 0.6 is 0 Å². The Kier molecular flexibility index (Phi) is 4.05. The van der Waals surface area contributed by atoms with Gasteiger partial charge in [0.15, 0.2) is 0 Å². The van der Waals surface area contributed by atoms with Crippen molar-refractivity contribution < 1.29 is 24.9 Å². The lowest BCUT2D eigenvalue weighted by Crippen LogP contribution is -2.42. The van der Waals surface area contributed by atoms with Crippen molar-refractivity contribution in [3.8, 4) is 0 Å². The number of likely N-dealkylation sites (tertiary alicyclic amines) is 1. The molecule has 0 saturated carbocycles. The SMILES string of the molecule is O=C(O)[C@H](CCO)N1CC(CO)CC1=O. The molecule has 6 nitrogen and oxygen atoms in total. The van der Waals surface area contributed by atoms with E-state index in [1.165, 1.54) is 4.90 Å². The molecular formula is C9H15NO5. The molecule has 0 spiro atoms. The molecule has 0 radical (unpaired) electrons. The molecule has 0 aromatic rings. The molecule has 1 aliphatic rings. The van der Waals surface area contributed by atoms with Crippen molar-refractivity contribution in [2.24, 2.45) is 5.92 Å². The average Bonchev–Trinajstić information content (AvgIpc) is 2.55. The van der Waals surface area contributed by atoms with Gasteiger partial charge >= 0.3 is 5.97 Å². The smallest absolute Gasteiger partial charge is 0.326 e. The Morgan fingerprint density at radius 3 is 2.60 bits per heavy atom. The first kappa shape index (κ1) is 11.9. The molecule has 3 N–H and O–H groups in total. The molecule has 6 heteroatoms. The highest BCUT2D eigenvalue weighted by Gasteiger charge is 2.36. The minimum absolute atomic E-state index is 0.0270. The van der Waals surface area contributed by atoms with Crippen LogP contribution in [0.15, 0.2) is 0 Å². The molecule has 0 aromatic heterocycles. The zero-order valence-corrected chi connectivity index (χ0v) is 8.30. The molecular weight excluding hydrogens is 202 g/mol. The highest BCUT2D eigenvalue weighted by atomic mass is 16.4. The summed E-state index contributed by atoms with van der Waals surface area (Å²) in [6.45, 7) is -0.134. The Labute approximate surface area is 87.1 Å². The van der Waals surface area contributed by atoms with Crippen molar-refractivity contribution in [1.82, 2.24) is 4.90 Å². The molecule has 0 aromatic carbocycles. The summed E-state index contributed by atoms with van der Waals surface area (Å²) in [7, 11) is 0. The van der Waals surface area contributed by atoms with Crippen molar-refractivity contribution in [3.05, 3.63) is 0 Å². The van der Waals surface area contributed by atoms with Gasteiger partial charge < -0.3 is 20.2 Å². The lowest BCUT2D eigenvalue weighted by Gasteiger charge is -2.23. The second-order valence-electron chi connectivity index (χ2n) is 3.67. The molecule has 0 aliphatic carbocycles. The topological polar surface area (TPSA) is 98.1 Å². The Balaban J connectivity index is 2.68. The first-order valence-corrected chi connectivity index (χ1v) is 4.84. The quantitative estimate of drug-likeness (QED) is 0.529. The Morgan fingerprint density at radius 1 is 1.53 bits per heavy atom. The number of aliphatic carboxylic acids is 1. The van der Waals surface area contributed by atoms with E-state index in [-0.39, 0.29) is 44.4 Å². The van der Waals surface area contributed by atoms with E-state index >= 15 is 0 Å². The van der Waals surface area contributed by atoms with Crippen LogP contribution in [0.4, 0.5) is 0 Å². The van der Waals surface area contributed by atoms with E-state index in [1.807, 2.05) is 0 Å². The molecule has 1 aliphatic heterocycles. The summed E-state index contributed by atoms with van der Waals surface area (Å²) in [5.74, 6) is -1.57. The second kappa shape index (κ2) is 5.09. The number of aliphatic hydroxyl groups excluding tert-OH is 2. The van der Waals surface area contributed by atoms with Gasteiger partial charge in [-0.25, -0.2) is 4.79 Å². The minimum Gasteiger partial charge on any atom is -0.480 e. The number of hydrogen-bond donors (Lipinski definition) is 3. The van der Waals surface area contributed by atoms with Crippen LogP contribution in [0, 0.1) is 5.92 Å². The Morgan fingerprint density at radius 2 is 2.20 bits per heavy atom. The number of carboxylic acid groups (broad SMARTS) is 1. The van der Waals surface area contributed by atoms with Crippen LogP contribution in [0.25, 0.3) is 0 Å². The van der Waals surface area contributed by atoms with Crippen LogP contribution in [-0.4, -0.2) is 57.9 Å². The molecule has 1 unspecified atom stereocenters. The zero-order chi connectivity index (χ0) is 11.4. The largest absolute Gasteiger partial charge is 0.480 e. The molecule has 15 heavy (non-hydrogen) atoms. The molecule has 1 fully saturated rings. The van der Waals surface area contributed by atoms with E-state index in [0.717, 1.165) is 0 Å². The predicted molar refractivity (Wildman–Crippen MR) is 50.0 cm³/mol. The number of carbonyl (C=O) groups excluding carboxylic acids is 1. The Bertz CT molecular complexity index is 255. The Hall–Kier alpha value is -1.14. The fourth-order valence-corrected chi connectivity index (χ4v) is 1.77. The lowest BCUT2D eigenvalue weighted by molar-refractivity contribution is -0.149. The van der Waals surface area contributed by atoms with Gasteiger partial charge in [-0.2, -0.15) is 0 Å². The standard InChI is InChI=1S/C9H15NO5/c11-2-1-7(9(14)15)10-4-6(5-12)3-8(10)13/h6-7,11-12H,1-5H2,(H,14,15)/t6?,7-/m0/s1. The predicted octanol–water partition coefficient (Wildman–Crippen LogP) is -1.34. The average molecular weight is 217 g/mol. The molecule has 1 heterocycles. The van der Waals surface area contributed by atoms with Crippen LogP contribution in [0.2, 0.25) is 0 Å². The number of rotatable bonds is 5. The molecule has 2 atom stereocenters. The number of aliphatic hydroxyl groups is 2. The van der Waals surface area contributed by atoms with E-state index in [9.17, 15) is 9.59 Å². The summed E-state index contributed by atoms with van der Waals surface area (Å²) >= 11 is 0. The molecule has 1 rings (SSSR count). The highest BCUT2D eigenvalue weighted by Crippen LogP contribution is 2.21. The van der Waals surface area contributed by atoms with Crippen LogP contribution in [0.1, 0.15) is 12.8 Å². The minimum atomic E-state index is -1.11. The van der Waals surface area contributed by atoms with Gasteiger partial charge in [0.05, 0.1) is 0 Å².